The van der Waals surface area contributed by atoms with E-state index in [2.05, 4.69) is 107 Å². The third-order valence-corrected chi connectivity index (χ3v) is 8.92. The molecule has 0 aromatic heterocycles. The van der Waals surface area contributed by atoms with Gasteiger partial charge in [0.05, 0.1) is 0 Å². The van der Waals surface area contributed by atoms with Crippen molar-refractivity contribution in [2.75, 3.05) is 73.6 Å². The minimum Gasteiger partial charge on any atom is -0.411 e. The number of hydrogen-bond donors (Lipinski definition) is 4. The first-order chi connectivity index (χ1) is 23.2. The Bertz CT molecular complexity index is 1370. The van der Waals surface area contributed by atoms with Crippen LogP contribution < -0.4 is 21.3 Å². The predicted molar refractivity (Wildman–Crippen MR) is 222 cm³/mol. The number of benzene rings is 4. The second-order valence-electron chi connectivity index (χ2n) is 11.5. The summed E-state index contributed by atoms with van der Waals surface area (Å²) in [5, 5.41) is 13.8. The molecule has 49 heavy (non-hydrogen) atoms. The average Bonchev–Trinajstić information content (AvgIpc) is 3.06. The fraction of sp³-hybridized carbons (Fsp3) is 0.316. The van der Waals surface area contributed by atoms with Crippen LogP contribution in [-0.2, 0) is 41.7 Å². The molecule has 4 aromatic carbocycles. The second-order valence-corrected chi connectivity index (χ2v) is 13.5. The van der Waals surface area contributed by atoms with E-state index in [1.807, 2.05) is 48.5 Å². The van der Waals surface area contributed by atoms with Crippen molar-refractivity contribution in [1.29, 1.82) is 0 Å². The molecule has 0 heterocycles. The smallest absolute Gasteiger partial charge is 0.411 e. The predicted octanol–water partition coefficient (Wildman–Crippen LogP) is 7.92. The molecule has 0 saturated heterocycles. The maximum absolute atomic E-state index is 5.21. The molecular formula is C38H48N6NiS4. The summed E-state index contributed by atoms with van der Waals surface area (Å²) in [5.41, 5.74) is 9.60. The van der Waals surface area contributed by atoms with Gasteiger partial charge in [-0.3, -0.25) is 0 Å². The molecule has 0 bridgehead atoms. The number of anilines is 4. The molecule has 0 unspecified atom stereocenters. The van der Waals surface area contributed by atoms with E-state index >= 15 is 0 Å². The molecule has 4 N–H and O–H groups in total. The summed E-state index contributed by atoms with van der Waals surface area (Å²) in [6, 6.07) is 33.1. The number of para-hydroxylation sites is 4. The number of nitrogens with one attached hydrogen (secondary N) is 4. The van der Waals surface area contributed by atoms with Gasteiger partial charge in [-0.1, -0.05) is 81.4 Å². The van der Waals surface area contributed by atoms with Gasteiger partial charge in [-0.25, -0.2) is 0 Å². The minimum absolute atomic E-state index is 0. The van der Waals surface area contributed by atoms with Crippen LogP contribution in [0.25, 0.3) is 0 Å². The van der Waals surface area contributed by atoms with Gasteiger partial charge < -0.3 is 80.8 Å². The molecule has 11 heteroatoms. The maximum Gasteiger partial charge on any atom is 2.00 e. The Balaban J connectivity index is 0.000000333. The Morgan fingerprint density at radius 1 is 0.449 bits per heavy atom. The van der Waals surface area contributed by atoms with Crippen LogP contribution in [0.5, 0.6) is 0 Å². The minimum atomic E-state index is 0. The van der Waals surface area contributed by atoms with E-state index in [9.17, 15) is 0 Å². The van der Waals surface area contributed by atoms with Crippen LogP contribution in [-0.4, -0.2) is 70.8 Å². The van der Waals surface area contributed by atoms with Crippen LogP contribution in [0.2, 0.25) is 0 Å². The third-order valence-electron chi connectivity index (χ3n) is 7.89. The van der Waals surface area contributed by atoms with E-state index in [1.165, 1.54) is 22.3 Å². The molecule has 0 saturated carbocycles. The molecule has 0 aliphatic rings. The van der Waals surface area contributed by atoms with Gasteiger partial charge in [-0.15, -0.1) is 0 Å². The summed E-state index contributed by atoms with van der Waals surface area (Å²) < 4.78 is 1.04. The van der Waals surface area contributed by atoms with Crippen molar-refractivity contribution in [3.63, 3.8) is 0 Å². The summed E-state index contributed by atoms with van der Waals surface area (Å²) in [4.78, 5) is 4.11. The van der Waals surface area contributed by atoms with Crippen LogP contribution in [0.15, 0.2) is 97.1 Å². The van der Waals surface area contributed by atoms with Gasteiger partial charge in [0, 0.05) is 75.1 Å². The van der Waals surface area contributed by atoms with Gasteiger partial charge in [0.1, 0.15) is 0 Å². The fourth-order valence-corrected chi connectivity index (χ4v) is 5.71. The molecule has 0 aliphatic carbocycles. The third kappa shape index (κ3) is 15.5. The molecule has 0 amide bonds. The molecule has 0 radical (unpaired) electrons. The molecule has 0 atom stereocenters. The van der Waals surface area contributed by atoms with E-state index in [-0.39, 0.29) is 16.5 Å². The standard InChI is InChI=1S/2C19H25N3S2.Ni/c2*1-15-7-3-5-9-17(15)20-11-13-22(19(23)24)14-12-21-18-10-6-4-8-16(18)2;/h2*3-10,20-21H,11-14H2,1-2H3,(H,23,24);/q;;+2/p-2. The zero-order valence-corrected chi connectivity index (χ0v) is 33.0. The Kier molecular flexibility index (Phi) is 19.9. The molecule has 0 aliphatic heterocycles. The Morgan fingerprint density at radius 2 is 0.653 bits per heavy atom. The van der Waals surface area contributed by atoms with Crippen molar-refractivity contribution in [3.8, 4) is 0 Å². The summed E-state index contributed by atoms with van der Waals surface area (Å²) in [5.74, 6) is 0. The first-order valence-corrected chi connectivity index (χ1v) is 17.9. The van der Waals surface area contributed by atoms with Gasteiger partial charge in [0.25, 0.3) is 0 Å². The van der Waals surface area contributed by atoms with Crippen LogP contribution >= 0.6 is 24.4 Å². The summed E-state index contributed by atoms with van der Waals surface area (Å²) in [7, 11) is 0. The number of hydrogen-bond acceptors (Lipinski definition) is 8. The van der Waals surface area contributed by atoms with Gasteiger partial charge in [-0.2, -0.15) is 0 Å². The van der Waals surface area contributed by atoms with Gasteiger partial charge in [0.15, 0.2) is 0 Å². The molecular weight excluding hydrogens is 727 g/mol. The SMILES string of the molecule is Cc1ccccc1NCCN(CCNc1ccccc1C)C(=S)[S-].Cc1ccccc1NCCN(CCNc1ccccc1C)C(=S)[S-].[Ni+2]. The largest absolute Gasteiger partial charge is 2.00 e. The maximum atomic E-state index is 5.21. The van der Waals surface area contributed by atoms with Crippen molar-refractivity contribution >= 4 is 81.1 Å². The monoisotopic (exact) mass is 774 g/mol. The molecule has 264 valence electrons. The van der Waals surface area contributed by atoms with Gasteiger partial charge in [-0.05, 0) is 74.2 Å². The number of thiocarbonyl (C=S) groups is 2. The molecule has 4 rings (SSSR count). The first kappa shape index (κ1) is 42.0. The summed E-state index contributed by atoms with van der Waals surface area (Å²) in [6.45, 7) is 14.8. The zero-order chi connectivity index (χ0) is 34.7. The topological polar surface area (TPSA) is 54.6 Å². The van der Waals surface area contributed by atoms with Crippen molar-refractivity contribution in [1.82, 2.24) is 9.80 Å². The number of nitrogens with zero attached hydrogens (tertiary/aromatic N) is 2. The number of rotatable bonds is 16. The fourth-order valence-electron chi connectivity index (χ4n) is 4.98. The van der Waals surface area contributed by atoms with Crippen LogP contribution in [0.3, 0.4) is 0 Å². The van der Waals surface area contributed by atoms with E-state index in [1.54, 1.807) is 0 Å². The van der Waals surface area contributed by atoms with Crippen LogP contribution in [0.1, 0.15) is 22.3 Å². The summed E-state index contributed by atoms with van der Waals surface area (Å²) >= 11 is 20.9. The van der Waals surface area contributed by atoms with Gasteiger partial charge >= 0.3 is 16.5 Å². The normalized spacial score (nSPS) is 10.0. The molecule has 0 fully saturated rings. The molecule has 0 spiro atoms. The summed E-state index contributed by atoms with van der Waals surface area (Å²) in [6.07, 6.45) is 0. The molecule has 6 nitrogen and oxygen atoms in total. The Morgan fingerprint density at radius 3 is 0.837 bits per heavy atom. The van der Waals surface area contributed by atoms with Gasteiger partial charge in [0.2, 0.25) is 0 Å². The van der Waals surface area contributed by atoms with Crippen molar-refractivity contribution in [2.24, 2.45) is 0 Å². The Hall–Kier alpha value is -3.21. The van der Waals surface area contributed by atoms with E-state index in [0.29, 0.717) is 8.64 Å². The zero-order valence-electron chi connectivity index (χ0n) is 28.7. The Labute approximate surface area is 326 Å². The van der Waals surface area contributed by atoms with Crippen molar-refractivity contribution < 1.29 is 16.5 Å². The van der Waals surface area contributed by atoms with E-state index < -0.39 is 0 Å². The first-order valence-electron chi connectivity index (χ1n) is 16.3. The van der Waals surface area contributed by atoms with Crippen molar-refractivity contribution in [2.45, 2.75) is 27.7 Å². The quantitative estimate of drug-likeness (QED) is 0.0514. The van der Waals surface area contributed by atoms with Crippen LogP contribution in [0, 0.1) is 27.7 Å². The second kappa shape index (κ2) is 23.2. The number of aryl methyl sites for hydroxylation is 4. The van der Waals surface area contributed by atoms with Crippen LogP contribution in [0.4, 0.5) is 22.7 Å². The van der Waals surface area contributed by atoms with Crippen molar-refractivity contribution in [3.05, 3.63) is 119 Å². The molecule has 4 aromatic rings. The van der Waals surface area contributed by atoms with E-state index in [0.717, 1.165) is 75.1 Å². The van der Waals surface area contributed by atoms with E-state index in [4.69, 9.17) is 49.7 Å². The average molecular weight is 776 g/mol.